The molecule has 1 saturated heterocycles. The molecule has 0 bridgehead atoms. The predicted molar refractivity (Wildman–Crippen MR) is 103 cm³/mol. The van der Waals surface area contributed by atoms with Gasteiger partial charge in [-0.3, -0.25) is 14.5 Å². The smallest absolute Gasteiger partial charge is 0.250 e. The molecule has 6 heteroatoms. The minimum Gasteiger partial charge on any atom is -0.396 e. The van der Waals surface area contributed by atoms with E-state index >= 15 is 0 Å². The van der Waals surface area contributed by atoms with E-state index in [2.05, 4.69) is 10.2 Å². The molecule has 1 aromatic heterocycles. The van der Waals surface area contributed by atoms with Gasteiger partial charge in [0.05, 0.1) is 12.1 Å². The van der Waals surface area contributed by atoms with E-state index in [0.29, 0.717) is 19.0 Å². The second-order valence-electron chi connectivity index (χ2n) is 8.44. The number of hydrogen-bond acceptors (Lipinski definition) is 4. The van der Waals surface area contributed by atoms with Crippen LogP contribution in [0.2, 0.25) is 0 Å². The number of aliphatic hydroxyl groups is 1. The second kappa shape index (κ2) is 7.76. The van der Waals surface area contributed by atoms with E-state index in [1.807, 2.05) is 23.6 Å². The lowest BCUT2D eigenvalue weighted by Crippen LogP contribution is -2.49. The number of carbonyl (C=O) groups excluding carboxylic acids is 1. The quantitative estimate of drug-likeness (QED) is 0.793. The Balaban J connectivity index is 1.70. The van der Waals surface area contributed by atoms with Gasteiger partial charge in [-0.25, -0.2) is 0 Å². The van der Waals surface area contributed by atoms with Crippen LogP contribution in [0.3, 0.4) is 0 Å². The highest BCUT2D eigenvalue weighted by Gasteiger charge is 2.55. The van der Waals surface area contributed by atoms with Gasteiger partial charge in [0.25, 0.3) is 5.56 Å². The van der Waals surface area contributed by atoms with Gasteiger partial charge in [0.15, 0.2) is 0 Å². The summed E-state index contributed by atoms with van der Waals surface area (Å²) in [6, 6.07) is 5.19. The largest absolute Gasteiger partial charge is 0.396 e. The molecule has 3 aliphatic rings. The number of rotatable bonds is 6. The maximum Gasteiger partial charge on any atom is 0.250 e. The van der Waals surface area contributed by atoms with Crippen LogP contribution in [0.25, 0.3) is 0 Å². The van der Waals surface area contributed by atoms with E-state index < -0.39 is 0 Å². The second-order valence-corrected chi connectivity index (χ2v) is 8.44. The number of aliphatic hydroxyl groups excluding tert-OH is 1. The molecule has 2 aliphatic heterocycles. The maximum absolute atomic E-state index is 13.0. The summed E-state index contributed by atoms with van der Waals surface area (Å²) in [5, 5.41) is 13.2. The van der Waals surface area contributed by atoms with Crippen LogP contribution in [-0.4, -0.2) is 46.2 Å². The Hall–Kier alpha value is -1.66. The minimum absolute atomic E-state index is 0.0186. The molecule has 0 unspecified atom stereocenters. The zero-order valence-electron chi connectivity index (χ0n) is 16.1. The van der Waals surface area contributed by atoms with Crippen LogP contribution in [0, 0.1) is 17.8 Å². The van der Waals surface area contributed by atoms with Gasteiger partial charge in [0.2, 0.25) is 5.91 Å². The molecule has 2 fully saturated rings. The Bertz CT molecular complexity index is 740. The lowest BCUT2D eigenvalue weighted by atomic mass is 9.88. The van der Waals surface area contributed by atoms with Gasteiger partial charge in [-0.15, -0.1) is 0 Å². The predicted octanol–water partition coefficient (Wildman–Crippen LogP) is 1.53. The molecule has 4 atom stereocenters. The molecule has 1 aliphatic carbocycles. The topological polar surface area (TPSA) is 74.6 Å². The Morgan fingerprint density at radius 1 is 1.30 bits per heavy atom. The molecular formula is C21H31N3O3. The van der Waals surface area contributed by atoms with Crippen molar-refractivity contribution in [2.75, 3.05) is 19.7 Å². The van der Waals surface area contributed by atoms with Gasteiger partial charge in [-0.05, 0) is 31.2 Å². The van der Waals surface area contributed by atoms with Gasteiger partial charge in [0.1, 0.15) is 0 Å². The van der Waals surface area contributed by atoms with Crippen molar-refractivity contribution in [3.05, 3.63) is 34.2 Å². The minimum atomic E-state index is -0.304. The summed E-state index contributed by atoms with van der Waals surface area (Å²) in [7, 11) is 0. The average Bonchev–Trinajstić information content (AvgIpc) is 3.36. The van der Waals surface area contributed by atoms with Crippen molar-refractivity contribution >= 4 is 5.91 Å². The number of hydrogen-bond donors (Lipinski definition) is 2. The number of pyridine rings is 1. The standard InChI is InChI=1S/C21H31N3O3/c1-2-10-22-21(27)20-16(13-25)15-12-23-17(8-5-9-18(23)26)19(15)24(20)11-14-6-3-4-7-14/h5,8-9,14-16,19-20,25H,2-4,6-7,10-13H2,1H3,(H,22,27)/t15-,16-,19+,20-/m1/s1. The zero-order chi connectivity index (χ0) is 19.0. The van der Waals surface area contributed by atoms with Crippen molar-refractivity contribution < 1.29 is 9.90 Å². The summed E-state index contributed by atoms with van der Waals surface area (Å²) < 4.78 is 1.85. The summed E-state index contributed by atoms with van der Waals surface area (Å²) in [5.74, 6) is 0.624. The third-order valence-electron chi connectivity index (χ3n) is 6.83. The molecule has 1 aromatic rings. The van der Waals surface area contributed by atoms with Crippen molar-refractivity contribution in [1.82, 2.24) is 14.8 Å². The first-order valence-corrected chi connectivity index (χ1v) is 10.5. The molecule has 0 aromatic carbocycles. The van der Waals surface area contributed by atoms with E-state index in [0.717, 1.165) is 18.7 Å². The van der Waals surface area contributed by atoms with Crippen LogP contribution in [0.15, 0.2) is 23.0 Å². The number of nitrogens with one attached hydrogen (secondary N) is 1. The first-order chi connectivity index (χ1) is 13.2. The van der Waals surface area contributed by atoms with Crippen LogP contribution in [0.4, 0.5) is 0 Å². The summed E-state index contributed by atoms with van der Waals surface area (Å²) in [6.45, 7) is 4.17. The van der Waals surface area contributed by atoms with Crippen LogP contribution in [-0.2, 0) is 11.3 Å². The van der Waals surface area contributed by atoms with Crippen molar-refractivity contribution in [3.63, 3.8) is 0 Å². The summed E-state index contributed by atoms with van der Waals surface area (Å²) >= 11 is 0. The normalized spacial score (nSPS) is 30.4. The lowest BCUT2D eigenvalue weighted by molar-refractivity contribution is -0.128. The molecule has 148 valence electrons. The highest BCUT2D eigenvalue weighted by molar-refractivity contribution is 5.82. The zero-order valence-corrected chi connectivity index (χ0v) is 16.1. The molecule has 2 N–H and O–H groups in total. The number of amides is 1. The molecule has 1 saturated carbocycles. The van der Waals surface area contributed by atoms with Gasteiger partial charge < -0.3 is 15.0 Å². The van der Waals surface area contributed by atoms with Crippen LogP contribution in [0.1, 0.15) is 50.8 Å². The van der Waals surface area contributed by atoms with Crippen molar-refractivity contribution in [3.8, 4) is 0 Å². The monoisotopic (exact) mass is 373 g/mol. The van der Waals surface area contributed by atoms with E-state index in [1.54, 1.807) is 6.07 Å². The SMILES string of the molecule is CCCNC(=O)[C@H]1[C@H](CO)[C@H]2Cn3c(cccc3=O)[C@H]2N1CC1CCCC1. The Kier molecular flexibility index (Phi) is 5.37. The highest BCUT2D eigenvalue weighted by atomic mass is 16.3. The van der Waals surface area contributed by atoms with Gasteiger partial charge in [0, 0.05) is 49.8 Å². The molecular weight excluding hydrogens is 342 g/mol. The van der Waals surface area contributed by atoms with Crippen molar-refractivity contribution in [2.24, 2.45) is 17.8 Å². The molecule has 0 radical (unpaired) electrons. The van der Waals surface area contributed by atoms with E-state index in [1.165, 1.54) is 25.7 Å². The Labute approximate surface area is 160 Å². The number of carbonyl (C=O) groups is 1. The highest BCUT2D eigenvalue weighted by Crippen LogP contribution is 2.49. The lowest BCUT2D eigenvalue weighted by Gasteiger charge is -2.32. The fraction of sp³-hybridized carbons (Fsp3) is 0.714. The molecule has 0 spiro atoms. The van der Waals surface area contributed by atoms with E-state index in [-0.39, 0.29) is 42.0 Å². The number of nitrogens with zero attached hydrogens (tertiary/aromatic N) is 2. The Morgan fingerprint density at radius 2 is 2.07 bits per heavy atom. The molecule has 6 nitrogen and oxygen atoms in total. The summed E-state index contributed by atoms with van der Waals surface area (Å²) in [4.78, 5) is 27.7. The van der Waals surface area contributed by atoms with Crippen LogP contribution < -0.4 is 10.9 Å². The molecule has 3 heterocycles. The average molecular weight is 373 g/mol. The molecule has 27 heavy (non-hydrogen) atoms. The van der Waals surface area contributed by atoms with Crippen molar-refractivity contribution in [1.29, 1.82) is 0 Å². The first-order valence-electron chi connectivity index (χ1n) is 10.5. The fourth-order valence-corrected chi connectivity index (χ4v) is 5.61. The third kappa shape index (κ3) is 3.23. The third-order valence-corrected chi connectivity index (χ3v) is 6.83. The number of fused-ring (bicyclic) bond motifs is 3. The summed E-state index contributed by atoms with van der Waals surface area (Å²) in [6.07, 6.45) is 5.85. The molecule has 1 amide bonds. The van der Waals surface area contributed by atoms with E-state index in [9.17, 15) is 14.7 Å². The van der Waals surface area contributed by atoms with Gasteiger partial charge >= 0.3 is 0 Å². The fourth-order valence-electron chi connectivity index (χ4n) is 5.61. The van der Waals surface area contributed by atoms with Crippen LogP contribution in [0.5, 0.6) is 0 Å². The maximum atomic E-state index is 13.0. The first kappa shape index (κ1) is 18.7. The number of aromatic nitrogens is 1. The molecule has 4 rings (SSSR count). The summed E-state index contributed by atoms with van der Waals surface area (Å²) in [5.41, 5.74) is 1.03. The van der Waals surface area contributed by atoms with Crippen LogP contribution >= 0.6 is 0 Å². The van der Waals surface area contributed by atoms with Crippen molar-refractivity contribution in [2.45, 2.75) is 57.7 Å². The van der Waals surface area contributed by atoms with E-state index in [4.69, 9.17) is 0 Å². The van der Waals surface area contributed by atoms with Gasteiger partial charge in [-0.2, -0.15) is 0 Å². The Morgan fingerprint density at radius 3 is 2.78 bits per heavy atom. The van der Waals surface area contributed by atoms with Gasteiger partial charge in [-0.1, -0.05) is 25.8 Å². The number of likely N-dealkylation sites (tertiary alicyclic amines) is 1.